The van der Waals surface area contributed by atoms with Crippen LogP contribution >= 0.6 is 0 Å². The molecule has 3 heteroatoms. The molecule has 0 spiro atoms. The minimum Gasteiger partial charge on any atom is -0.322 e. The Labute approximate surface area is 115 Å². The Morgan fingerprint density at radius 1 is 1.11 bits per heavy atom. The van der Waals surface area contributed by atoms with Gasteiger partial charge >= 0.3 is 0 Å². The van der Waals surface area contributed by atoms with Gasteiger partial charge in [-0.3, -0.25) is 4.68 Å². The summed E-state index contributed by atoms with van der Waals surface area (Å²) in [5, 5.41) is 4.62. The molecule has 0 aliphatic rings. The van der Waals surface area contributed by atoms with Gasteiger partial charge in [0.25, 0.3) is 0 Å². The zero-order chi connectivity index (χ0) is 14.0. The lowest BCUT2D eigenvalue weighted by Crippen LogP contribution is -2.30. The molecule has 2 unspecified atom stereocenters. The van der Waals surface area contributed by atoms with E-state index in [0.717, 1.165) is 11.3 Å². The molecule has 1 aromatic heterocycles. The summed E-state index contributed by atoms with van der Waals surface area (Å²) in [5.74, 6) is 0.424. The van der Waals surface area contributed by atoms with Crippen molar-refractivity contribution < 1.29 is 0 Å². The zero-order valence-corrected chi connectivity index (χ0v) is 12.2. The van der Waals surface area contributed by atoms with Crippen LogP contribution in [0.5, 0.6) is 0 Å². The molecule has 0 fully saturated rings. The maximum atomic E-state index is 6.49. The largest absolute Gasteiger partial charge is 0.322 e. The minimum absolute atomic E-state index is 0.0424. The molecule has 3 nitrogen and oxygen atoms in total. The van der Waals surface area contributed by atoms with Crippen molar-refractivity contribution in [3.05, 3.63) is 53.3 Å². The first-order chi connectivity index (χ1) is 9.00. The molecule has 0 aliphatic carbocycles. The van der Waals surface area contributed by atoms with Crippen LogP contribution in [-0.4, -0.2) is 9.78 Å². The van der Waals surface area contributed by atoms with Crippen molar-refractivity contribution in [2.75, 3.05) is 0 Å². The highest BCUT2D eigenvalue weighted by Crippen LogP contribution is 2.31. The predicted octanol–water partition coefficient (Wildman–Crippen LogP) is 3.40. The van der Waals surface area contributed by atoms with Crippen molar-refractivity contribution in [1.82, 2.24) is 9.78 Å². The third-order valence-electron chi connectivity index (χ3n) is 3.56. The minimum atomic E-state index is -0.0424. The van der Waals surface area contributed by atoms with E-state index in [1.165, 1.54) is 5.69 Å². The van der Waals surface area contributed by atoms with Gasteiger partial charge in [0.2, 0.25) is 0 Å². The molecule has 0 aliphatic heterocycles. The van der Waals surface area contributed by atoms with Gasteiger partial charge in [-0.15, -0.1) is 0 Å². The van der Waals surface area contributed by atoms with Crippen molar-refractivity contribution in [2.24, 2.45) is 11.7 Å². The second kappa shape index (κ2) is 5.57. The Bertz CT molecular complexity index is 528. The van der Waals surface area contributed by atoms with Gasteiger partial charge in [0, 0.05) is 5.69 Å². The SMILES string of the molecule is Cc1cc(C)n(C(C(C)C)C(N)c2ccccc2)n1. The van der Waals surface area contributed by atoms with Crippen LogP contribution < -0.4 is 5.73 Å². The van der Waals surface area contributed by atoms with Crippen LogP contribution in [-0.2, 0) is 0 Å². The van der Waals surface area contributed by atoms with Gasteiger partial charge in [0.05, 0.1) is 17.8 Å². The van der Waals surface area contributed by atoms with Gasteiger partial charge in [0.15, 0.2) is 0 Å². The molecular weight excluding hydrogens is 234 g/mol. The van der Waals surface area contributed by atoms with Crippen molar-refractivity contribution in [2.45, 2.75) is 39.8 Å². The maximum absolute atomic E-state index is 6.49. The topological polar surface area (TPSA) is 43.8 Å². The quantitative estimate of drug-likeness (QED) is 0.912. The molecule has 2 N–H and O–H groups in total. The first-order valence-electron chi connectivity index (χ1n) is 6.84. The number of aromatic nitrogens is 2. The van der Waals surface area contributed by atoms with Crippen LogP contribution in [0.2, 0.25) is 0 Å². The lowest BCUT2D eigenvalue weighted by Gasteiger charge is -2.29. The van der Waals surface area contributed by atoms with E-state index in [4.69, 9.17) is 5.73 Å². The number of nitrogens with zero attached hydrogens (tertiary/aromatic N) is 2. The smallest absolute Gasteiger partial charge is 0.0737 e. The molecule has 0 amide bonds. The Hall–Kier alpha value is -1.61. The fraction of sp³-hybridized carbons (Fsp3) is 0.438. The van der Waals surface area contributed by atoms with Crippen LogP contribution in [0.4, 0.5) is 0 Å². The van der Waals surface area contributed by atoms with Crippen LogP contribution in [0.3, 0.4) is 0 Å². The van der Waals surface area contributed by atoms with Crippen LogP contribution in [0.1, 0.15) is 42.9 Å². The summed E-state index contributed by atoms with van der Waals surface area (Å²) < 4.78 is 2.08. The molecule has 1 heterocycles. The molecule has 2 rings (SSSR count). The molecule has 0 radical (unpaired) electrons. The number of hydrogen-bond acceptors (Lipinski definition) is 2. The second-order valence-corrected chi connectivity index (χ2v) is 5.54. The normalized spacial score (nSPS) is 14.6. The van der Waals surface area contributed by atoms with E-state index in [-0.39, 0.29) is 12.1 Å². The van der Waals surface area contributed by atoms with E-state index in [9.17, 15) is 0 Å². The number of rotatable bonds is 4. The van der Waals surface area contributed by atoms with Crippen molar-refractivity contribution in [1.29, 1.82) is 0 Å². The van der Waals surface area contributed by atoms with E-state index in [0.29, 0.717) is 5.92 Å². The van der Waals surface area contributed by atoms with Crippen LogP contribution in [0, 0.1) is 19.8 Å². The van der Waals surface area contributed by atoms with Gasteiger partial charge in [-0.2, -0.15) is 5.10 Å². The molecule has 19 heavy (non-hydrogen) atoms. The molecule has 2 atom stereocenters. The summed E-state index contributed by atoms with van der Waals surface area (Å²) in [6, 6.07) is 12.5. The molecular formula is C16H23N3. The standard InChI is InChI=1S/C16H23N3/c1-11(2)16(19-13(4)10-12(3)18-19)15(17)14-8-6-5-7-9-14/h5-11,15-16H,17H2,1-4H3. The van der Waals surface area contributed by atoms with E-state index >= 15 is 0 Å². The lowest BCUT2D eigenvalue weighted by atomic mass is 9.91. The van der Waals surface area contributed by atoms with Crippen molar-refractivity contribution in [3.63, 3.8) is 0 Å². The van der Waals surface area contributed by atoms with E-state index < -0.39 is 0 Å². The maximum Gasteiger partial charge on any atom is 0.0737 e. The van der Waals surface area contributed by atoms with Gasteiger partial charge in [-0.05, 0) is 31.4 Å². The summed E-state index contributed by atoms with van der Waals surface area (Å²) >= 11 is 0. The molecule has 1 aromatic carbocycles. The molecule has 0 bridgehead atoms. The highest BCUT2D eigenvalue weighted by atomic mass is 15.3. The van der Waals surface area contributed by atoms with E-state index in [1.54, 1.807) is 0 Å². The Balaban J connectivity index is 2.39. The highest BCUT2D eigenvalue weighted by Gasteiger charge is 2.26. The van der Waals surface area contributed by atoms with Crippen molar-refractivity contribution >= 4 is 0 Å². The summed E-state index contributed by atoms with van der Waals surface area (Å²) in [5.41, 5.74) is 9.86. The fourth-order valence-corrected chi connectivity index (χ4v) is 2.67. The third-order valence-corrected chi connectivity index (χ3v) is 3.56. The Morgan fingerprint density at radius 3 is 2.21 bits per heavy atom. The summed E-state index contributed by atoms with van der Waals surface area (Å²) in [6.45, 7) is 8.51. The molecule has 102 valence electrons. The van der Waals surface area contributed by atoms with Gasteiger partial charge in [-0.1, -0.05) is 44.2 Å². The number of benzene rings is 1. The average Bonchev–Trinajstić information content (AvgIpc) is 2.69. The van der Waals surface area contributed by atoms with E-state index in [2.05, 4.69) is 48.8 Å². The molecule has 0 saturated carbocycles. The van der Waals surface area contributed by atoms with Gasteiger partial charge in [0.1, 0.15) is 0 Å². The summed E-state index contributed by atoms with van der Waals surface area (Å²) in [4.78, 5) is 0. The molecule has 2 aromatic rings. The van der Waals surface area contributed by atoms with Gasteiger partial charge in [-0.25, -0.2) is 0 Å². The lowest BCUT2D eigenvalue weighted by molar-refractivity contribution is 0.289. The van der Waals surface area contributed by atoms with Crippen molar-refractivity contribution in [3.8, 4) is 0 Å². The zero-order valence-electron chi connectivity index (χ0n) is 12.2. The highest BCUT2D eigenvalue weighted by molar-refractivity contribution is 5.21. The third kappa shape index (κ3) is 2.87. The Kier molecular flexibility index (Phi) is 4.05. The number of nitrogens with two attached hydrogens (primary N) is 1. The van der Waals surface area contributed by atoms with Gasteiger partial charge < -0.3 is 5.73 Å². The van der Waals surface area contributed by atoms with Crippen LogP contribution in [0.15, 0.2) is 36.4 Å². The predicted molar refractivity (Wildman–Crippen MR) is 78.9 cm³/mol. The Morgan fingerprint density at radius 2 is 1.74 bits per heavy atom. The van der Waals surface area contributed by atoms with E-state index in [1.807, 2.05) is 25.1 Å². The number of hydrogen-bond donors (Lipinski definition) is 1. The monoisotopic (exact) mass is 257 g/mol. The summed E-state index contributed by atoms with van der Waals surface area (Å²) in [6.07, 6.45) is 0. The average molecular weight is 257 g/mol. The second-order valence-electron chi connectivity index (χ2n) is 5.54. The summed E-state index contributed by atoms with van der Waals surface area (Å²) in [7, 11) is 0. The fourth-order valence-electron chi connectivity index (χ4n) is 2.67. The number of aryl methyl sites for hydroxylation is 2. The first-order valence-corrected chi connectivity index (χ1v) is 6.84. The van der Waals surface area contributed by atoms with Crippen LogP contribution in [0.25, 0.3) is 0 Å². The first kappa shape index (κ1) is 13.8. The molecule has 0 saturated heterocycles.